The summed E-state index contributed by atoms with van der Waals surface area (Å²) in [6.07, 6.45) is 0. The number of benzene rings is 1. The maximum atomic E-state index is 5.79. The molecule has 14 heavy (non-hydrogen) atoms. The number of nitrogen functional groups attached to an aromatic ring is 1. The first-order valence-corrected chi connectivity index (χ1v) is 4.85. The second-order valence-corrected chi connectivity index (χ2v) is 3.98. The van der Waals surface area contributed by atoms with Gasteiger partial charge in [-0.2, -0.15) is 0 Å². The monoisotopic (exact) mass is 292 g/mol. The molecule has 0 spiro atoms. The molecule has 5 heteroatoms. The Bertz CT molecular complexity index is 474. The summed E-state index contributed by atoms with van der Waals surface area (Å²) in [5.74, 6) is 0. The summed E-state index contributed by atoms with van der Waals surface area (Å²) < 4.78 is 0.980. The van der Waals surface area contributed by atoms with E-state index in [-0.39, 0.29) is 12.4 Å². The van der Waals surface area contributed by atoms with Gasteiger partial charge >= 0.3 is 0 Å². The van der Waals surface area contributed by atoms with Crippen LogP contribution in [-0.4, -0.2) is 4.98 Å². The Balaban J connectivity index is 0.000000980. The molecular weight excluding hydrogens is 287 g/mol. The fourth-order valence-corrected chi connectivity index (χ4v) is 1.63. The fourth-order valence-electron chi connectivity index (χ4n) is 1.13. The zero-order chi connectivity index (χ0) is 9.42. The highest BCUT2D eigenvalue weighted by molar-refractivity contribution is 9.10. The first kappa shape index (κ1) is 11.6. The summed E-state index contributed by atoms with van der Waals surface area (Å²) in [5.41, 5.74) is 6.97. The lowest BCUT2D eigenvalue weighted by Gasteiger charge is -2.01. The Kier molecular flexibility index (Phi) is 3.59. The summed E-state index contributed by atoms with van der Waals surface area (Å²) in [4.78, 5) is 4.15. The minimum Gasteiger partial charge on any atom is -0.396 e. The van der Waals surface area contributed by atoms with Crippen LogP contribution in [0.2, 0.25) is 5.15 Å². The van der Waals surface area contributed by atoms with Crippen molar-refractivity contribution in [2.45, 2.75) is 0 Å². The van der Waals surface area contributed by atoms with Crippen molar-refractivity contribution in [2.75, 3.05) is 5.73 Å². The largest absolute Gasteiger partial charge is 0.396 e. The minimum absolute atomic E-state index is 0. The van der Waals surface area contributed by atoms with Crippen molar-refractivity contribution >= 4 is 56.5 Å². The van der Waals surface area contributed by atoms with Crippen LogP contribution in [0.25, 0.3) is 10.9 Å². The van der Waals surface area contributed by atoms with E-state index < -0.39 is 0 Å². The third-order valence-corrected chi connectivity index (χ3v) is 2.56. The number of hydrogen-bond donors (Lipinski definition) is 1. The van der Waals surface area contributed by atoms with E-state index in [1.165, 1.54) is 0 Å². The van der Waals surface area contributed by atoms with Crippen LogP contribution < -0.4 is 5.73 Å². The number of aromatic nitrogens is 1. The number of fused-ring (bicyclic) bond motifs is 1. The first-order valence-electron chi connectivity index (χ1n) is 3.68. The van der Waals surface area contributed by atoms with E-state index in [2.05, 4.69) is 20.9 Å². The maximum absolute atomic E-state index is 5.79. The van der Waals surface area contributed by atoms with Crippen molar-refractivity contribution < 1.29 is 0 Å². The third-order valence-electron chi connectivity index (χ3n) is 1.76. The molecule has 0 saturated carbocycles. The topological polar surface area (TPSA) is 38.9 Å². The molecule has 2 nitrogen and oxygen atoms in total. The second kappa shape index (κ2) is 4.34. The number of halogens is 3. The molecule has 0 bridgehead atoms. The summed E-state index contributed by atoms with van der Waals surface area (Å²) in [6, 6.07) is 7.61. The number of rotatable bonds is 0. The van der Waals surface area contributed by atoms with Crippen molar-refractivity contribution in [3.63, 3.8) is 0 Å². The molecule has 2 N–H and O–H groups in total. The van der Waals surface area contributed by atoms with Crippen LogP contribution in [0.1, 0.15) is 0 Å². The summed E-state index contributed by atoms with van der Waals surface area (Å²) in [6.45, 7) is 0. The van der Waals surface area contributed by atoms with Crippen LogP contribution in [-0.2, 0) is 0 Å². The molecule has 2 rings (SSSR count). The number of anilines is 1. The van der Waals surface area contributed by atoms with Gasteiger partial charge < -0.3 is 5.73 Å². The van der Waals surface area contributed by atoms with Crippen LogP contribution in [0.5, 0.6) is 0 Å². The molecular formula is C9H7BrCl2N2. The lowest BCUT2D eigenvalue weighted by molar-refractivity contribution is 1.41. The molecule has 1 aromatic carbocycles. The van der Waals surface area contributed by atoms with Crippen LogP contribution in [0.3, 0.4) is 0 Å². The van der Waals surface area contributed by atoms with E-state index in [0.29, 0.717) is 10.8 Å². The van der Waals surface area contributed by atoms with E-state index in [1.807, 2.05) is 24.3 Å². The molecule has 0 radical (unpaired) electrons. The average molecular weight is 294 g/mol. The highest BCUT2D eigenvalue weighted by Gasteiger charge is 2.01. The third kappa shape index (κ3) is 2.11. The van der Waals surface area contributed by atoms with Gasteiger partial charge in [-0.05, 0) is 18.2 Å². The molecule has 0 aliphatic heterocycles. The first-order chi connectivity index (χ1) is 6.16. The van der Waals surface area contributed by atoms with E-state index >= 15 is 0 Å². The van der Waals surface area contributed by atoms with Crippen molar-refractivity contribution in [3.05, 3.63) is 33.9 Å². The van der Waals surface area contributed by atoms with E-state index in [1.54, 1.807) is 0 Å². The van der Waals surface area contributed by atoms with Gasteiger partial charge in [0.1, 0.15) is 0 Å². The number of pyridine rings is 1. The smallest absolute Gasteiger partial charge is 0.152 e. The van der Waals surface area contributed by atoms with Gasteiger partial charge in [-0.25, -0.2) is 4.98 Å². The highest BCUT2D eigenvalue weighted by Crippen LogP contribution is 2.24. The Labute approximate surface area is 101 Å². The van der Waals surface area contributed by atoms with Crippen molar-refractivity contribution in [2.24, 2.45) is 0 Å². The SMILES string of the molecule is Cl.Nc1cc2ccc(Br)cc2nc1Cl. The lowest BCUT2D eigenvalue weighted by Crippen LogP contribution is -1.89. The van der Waals surface area contributed by atoms with Gasteiger partial charge in [0, 0.05) is 9.86 Å². The molecule has 0 saturated heterocycles. The van der Waals surface area contributed by atoms with Gasteiger partial charge in [-0.1, -0.05) is 33.6 Å². The van der Waals surface area contributed by atoms with Crippen molar-refractivity contribution in [1.29, 1.82) is 0 Å². The Morgan fingerprint density at radius 2 is 2.00 bits per heavy atom. The lowest BCUT2D eigenvalue weighted by atomic mass is 10.2. The predicted octanol–water partition coefficient (Wildman–Crippen LogP) is 3.65. The number of nitrogens with zero attached hydrogens (tertiary/aromatic N) is 1. The van der Waals surface area contributed by atoms with E-state index in [0.717, 1.165) is 15.4 Å². The van der Waals surface area contributed by atoms with Gasteiger partial charge in [0.25, 0.3) is 0 Å². The van der Waals surface area contributed by atoms with Crippen LogP contribution in [0.15, 0.2) is 28.7 Å². The Hall–Kier alpha value is -0.510. The molecule has 0 unspecified atom stereocenters. The molecule has 1 aromatic heterocycles. The number of nitrogens with two attached hydrogens (primary N) is 1. The van der Waals surface area contributed by atoms with Crippen molar-refractivity contribution in [3.8, 4) is 0 Å². The molecule has 0 fully saturated rings. The molecule has 0 atom stereocenters. The second-order valence-electron chi connectivity index (χ2n) is 2.71. The van der Waals surface area contributed by atoms with Gasteiger partial charge in [0.05, 0.1) is 11.2 Å². The molecule has 1 heterocycles. The van der Waals surface area contributed by atoms with Gasteiger partial charge in [-0.3, -0.25) is 0 Å². The Morgan fingerprint density at radius 1 is 1.29 bits per heavy atom. The molecule has 0 aliphatic carbocycles. The maximum Gasteiger partial charge on any atom is 0.152 e. The summed E-state index contributed by atoms with van der Waals surface area (Å²) in [5, 5.41) is 1.34. The molecule has 0 aliphatic rings. The normalized spacial score (nSPS) is 9.86. The fraction of sp³-hybridized carbons (Fsp3) is 0. The Morgan fingerprint density at radius 3 is 2.71 bits per heavy atom. The van der Waals surface area contributed by atoms with Crippen LogP contribution in [0, 0.1) is 0 Å². The standard InChI is InChI=1S/C9H6BrClN2.ClH/c10-6-2-1-5-3-7(12)9(11)13-8(5)4-6;/h1-4H,12H2;1H. The summed E-state index contributed by atoms with van der Waals surface area (Å²) in [7, 11) is 0. The predicted molar refractivity (Wildman–Crippen MR) is 66.1 cm³/mol. The van der Waals surface area contributed by atoms with Crippen LogP contribution in [0.4, 0.5) is 5.69 Å². The van der Waals surface area contributed by atoms with Crippen molar-refractivity contribution in [1.82, 2.24) is 4.98 Å². The average Bonchev–Trinajstić information content (AvgIpc) is 2.08. The minimum atomic E-state index is 0. The zero-order valence-corrected chi connectivity index (χ0v) is 10.2. The highest BCUT2D eigenvalue weighted by atomic mass is 79.9. The van der Waals surface area contributed by atoms with E-state index in [9.17, 15) is 0 Å². The zero-order valence-electron chi connectivity index (χ0n) is 7.00. The molecule has 74 valence electrons. The van der Waals surface area contributed by atoms with E-state index in [4.69, 9.17) is 17.3 Å². The quantitative estimate of drug-likeness (QED) is 0.753. The van der Waals surface area contributed by atoms with Gasteiger partial charge in [-0.15, -0.1) is 12.4 Å². The van der Waals surface area contributed by atoms with Gasteiger partial charge in [0.15, 0.2) is 5.15 Å². The van der Waals surface area contributed by atoms with Gasteiger partial charge in [0.2, 0.25) is 0 Å². The van der Waals surface area contributed by atoms with Crippen LogP contribution >= 0.6 is 39.9 Å². The number of hydrogen-bond acceptors (Lipinski definition) is 2. The molecule has 2 aromatic rings. The molecule has 0 amide bonds. The summed E-state index contributed by atoms with van der Waals surface area (Å²) >= 11 is 9.15.